The summed E-state index contributed by atoms with van der Waals surface area (Å²) in [7, 11) is 0. The number of carbonyl (C=O) groups is 2. The van der Waals surface area contributed by atoms with Gasteiger partial charge in [-0.25, -0.2) is 4.79 Å². The van der Waals surface area contributed by atoms with E-state index in [1.807, 2.05) is 6.92 Å². The molecule has 0 radical (unpaired) electrons. The Kier molecular flexibility index (Phi) is 5.85. The molecule has 0 aliphatic heterocycles. The normalized spacial score (nSPS) is 13.0. The maximum atomic E-state index is 11.8. The summed E-state index contributed by atoms with van der Waals surface area (Å²) in [6.07, 6.45) is 0.875. The second-order valence-corrected chi connectivity index (χ2v) is 4.98. The van der Waals surface area contributed by atoms with Crippen LogP contribution in [0.1, 0.15) is 26.7 Å². The van der Waals surface area contributed by atoms with E-state index in [1.165, 1.54) is 31.2 Å². The average molecular weight is 310 g/mol. The van der Waals surface area contributed by atoms with Crippen LogP contribution in [-0.4, -0.2) is 34.1 Å². The van der Waals surface area contributed by atoms with Crippen LogP contribution < -0.4 is 10.1 Å². The maximum Gasteiger partial charge on any atom is 0.329 e. The zero-order chi connectivity index (χ0) is 16.8. The van der Waals surface area contributed by atoms with Gasteiger partial charge < -0.3 is 15.2 Å². The second kappa shape index (κ2) is 7.39. The van der Waals surface area contributed by atoms with Gasteiger partial charge in [-0.3, -0.25) is 14.9 Å². The summed E-state index contributed by atoms with van der Waals surface area (Å²) in [6, 6.07) is 5.40. The van der Waals surface area contributed by atoms with Gasteiger partial charge in [0.1, 0.15) is 11.3 Å². The molecule has 0 saturated carbocycles. The number of carboxylic acid groups (broad SMARTS) is 1. The first-order valence-corrected chi connectivity index (χ1v) is 6.70. The van der Waals surface area contributed by atoms with Crippen LogP contribution in [0, 0.1) is 10.1 Å². The Bertz CT molecular complexity index is 574. The highest BCUT2D eigenvalue weighted by Crippen LogP contribution is 2.19. The van der Waals surface area contributed by atoms with Gasteiger partial charge in [-0.15, -0.1) is 0 Å². The third-order valence-corrected chi connectivity index (χ3v) is 3.04. The molecule has 1 atom stereocenters. The third kappa shape index (κ3) is 4.72. The number of carboxylic acids is 1. The summed E-state index contributed by atoms with van der Waals surface area (Å²) in [4.78, 5) is 33.1. The van der Waals surface area contributed by atoms with Gasteiger partial charge in [0.25, 0.3) is 11.6 Å². The van der Waals surface area contributed by atoms with Crippen LogP contribution in [0.25, 0.3) is 0 Å². The fourth-order valence-corrected chi connectivity index (χ4v) is 1.90. The Balaban J connectivity index is 2.64. The summed E-state index contributed by atoms with van der Waals surface area (Å²) >= 11 is 0. The van der Waals surface area contributed by atoms with Crippen LogP contribution in [-0.2, 0) is 9.59 Å². The number of carbonyl (C=O) groups excluding carboxylic acids is 1. The highest BCUT2D eigenvalue weighted by Gasteiger charge is 2.33. The Morgan fingerprint density at radius 1 is 1.45 bits per heavy atom. The van der Waals surface area contributed by atoms with Crippen LogP contribution in [0.2, 0.25) is 0 Å². The molecule has 120 valence electrons. The molecule has 0 spiro atoms. The number of nitro benzene ring substituents is 1. The largest absolute Gasteiger partial charge is 0.484 e. The van der Waals surface area contributed by atoms with E-state index in [1.54, 1.807) is 0 Å². The van der Waals surface area contributed by atoms with Crippen LogP contribution >= 0.6 is 0 Å². The van der Waals surface area contributed by atoms with Crippen LogP contribution in [0.5, 0.6) is 5.75 Å². The first-order chi connectivity index (χ1) is 10.3. The number of nitrogens with one attached hydrogen (secondary N) is 1. The molecular formula is C14H18N2O6. The van der Waals surface area contributed by atoms with Crippen molar-refractivity contribution >= 4 is 17.6 Å². The van der Waals surface area contributed by atoms with E-state index in [2.05, 4.69) is 5.32 Å². The van der Waals surface area contributed by atoms with Crippen molar-refractivity contribution in [3.63, 3.8) is 0 Å². The molecule has 0 saturated heterocycles. The van der Waals surface area contributed by atoms with Crippen molar-refractivity contribution in [2.45, 2.75) is 32.2 Å². The summed E-state index contributed by atoms with van der Waals surface area (Å²) in [5.41, 5.74) is -1.52. The number of hydrogen-bond acceptors (Lipinski definition) is 5. The molecule has 0 heterocycles. The highest BCUT2D eigenvalue weighted by atomic mass is 16.6. The summed E-state index contributed by atoms with van der Waals surface area (Å²) in [5, 5.41) is 22.2. The Morgan fingerprint density at radius 3 is 2.68 bits per heavy atom. The standard InChI is InChI=1S/C14H18N2O6/c1-3-7-14(2,13(18)19)15-12(17)9-22-11-6-4-5-10(8-11)16(20)21/h4-6,8H,3,7,9H2,1-2H3,(H,15,17)(H,18,19). The lowest BCUT2D eigenvalue weighted by molar-refractivity contribution is -0.384. The number of nitrogens with zero attached hydrogens (tertiary/aromatic N) is 1. The van der Waals surface area contributed by atoms with Crippen molar-refractivity contribution in [3.05, 3.63) is 34.4 Å². The first-order valence-electron chi connectivity index (χ1n) is 6.70. The molecule has 0 aliphatic rings. The molecule has 8 nitrogen and oxygen atoms in total. The highest BCUT2D eigenvalue weighted by molar-refractivity contribution is 5.87. The van der Waals surface area contributed by atoms with Gasteiger partial charge in [-0.2, -0.15) is 0 Å². The lowest BCUT2D eigenvalue weighted by atomic mass is 9.96. The Hall–Kier alpha value is -2.64. The van der Waals surface area contributed by atoms with E-state index in [4.69, 9.17) is 9.84 Å². The molecular weight excluding hydrogens is 292 g/mol. The number of nitro groups is 1. The average Bonchev–Trinajstić information content (AvgIpc) is 2.45. The summed E-state index contributed by atoms with van der Waals surface area (Å²) < 4.78 is 5.15. The van der Waals surface area contributed by atoms with E-state index in [0.29, 0.717) is 6.42 Å². The quantitative estimate of drug-likeness (QED) is 0.557. The van der Waals surface area contributed by atoms with E-state index >= 15 is 0 Å². The molecule has 22 heavy (non-hydrogen) atoms. The Morgan fingerprint density at radius 2 is 2.14 bits per heavy atom. The van der Waals surface area contributed by atoms with E-state index in [-0.39, 0.29) is 17.9 Å². The van der Waals surface area contributed by atoms with Crippen molar-refractivity contribution in [3.8, 4) is 5.75 Å². The topological polar surface area (TPSA) is 119 Å². The van der Waals surface area contributed by atoms with E-state index in [0.717, 1.165) is 0 Å². The van der Waals surface area contributed by atoms with Gasteiger partial charge in [0.05, 0.1) is 11.0 Å². The molecule has 1 aromatic rings. The molecule has 1 rings (SSSR count). The molecule has 1 aromatic carbocycles. The number of hydrogen-bond donors (Lipinski definition) is 2. The number of aliphatic carboxylic acids is 1. The fourth-order valence-electron chi connectivity index (χ4n) is 1.90. The minimum atomic E-state index is -1.36. The molecule has 8 heteroatoms. The predicted octanol–water partition coefficient (Wildman–Crippen LogP) is 1.73. The van der Waals surface area contributed by atoms with Gasteiger partial charge in [0.15, 0.2) is 6.61 Å². The van der Waals surface area contributed by atoms with Gasteiger partial charge in [-0.05, 0) is 19.4 Å². The molecule has 2 N–H and O–H groups in total. The monoisotopic (exact) mass is 310 g/mol. The minimum Gasteiger partial charge on any atom is -0.484 e. The minimum absolute atomic E-state index is 0.153. The number of rotatable bonds is 8. The molecule has 0 aromatic heterocycles. The predicted molar refractivity (Wildman–Crippen MR) is 77.7 cm³/mol. The van der Waals surface area contributed by atoms with Crippen molar-refractivity contribution in [1.29, 1.82) is 0 Å². The molecule has 0 bridgehead atoms. The van der Waals surface area contributed by atoms with Crippen molar-refractivity contribution in [2.75, 3.05) is 6.61 Å². The van der Waals surface area contributed by atoms with E-state index < -0.39 is 28.9 Å². The van der Waals surface area contributed by atoms with Crippen LogP contribution in [0.3, 0.4) is 0 Å². The maximum absolute atomic E-state index is 11.8. The molecule has 0 fully saturated rings. The smallest absolute Gasteiger partial charge is 0.329 e. The van der Waals surface area contributed by atoms with Crippen molar-refractivity contribution in [1.82, 2.24) is 5.32 Å². The molecule has 1 unspecified atom stereocenters. The third-order valence-electron chi connectivity index (χ3n) is 3.04. The lowest BCUT2D eigenvalue weighted by Crippen LogP contribution is -2.53. The number of amides is 1. The molecule has 0 aliphatic carbocycles. The van der Waals surface area contributed by atoms with Gasteiger partial charge in [0.2, 0.25) is 0 Å². The number of benzene rings is 1. The number of non-ortho nitro benzene ring substituents is 1. The second-order valence-electron chi connectivity index (χ2n) is 4.98. The van der Waals surface area contributed by atoms with Gasteiger partial charge in [-0.1, -0.05) is 19.4 Å². The fraction of sp³-hybridized carbons (Fsp3) is 0.429. The number of ether oxygens (including phenoxy) is 1. The van der Waals surface area contributed by atoms with E-state index in [9.17, 15) is 19.7 Å². The zero-order valence-electron chi connectivity index (χ0n) is 12.4. The van der Waals surface area contributed by atoms with Crippen LogP contribution in [0.15, 0.2) is 24.3 Å². The van der Waals surface area contributed by atoms with Gasteiger partial charge >= 0.3 is 5.97 Å². The van der Waals surface area contributed by atoms with Gasteiger partial charge in [0, 0.05) is 6.07 Å². The molecule has 1 amide bonds. The van der Waals surface area contributed by atoms with Crippen molar-refractivity contribution < 1.29 is 24.4 Å². The summed E-state index contributed by atoms with van der Waals surface area (Å²) in [6.45, 7) is 2.81. The zero-order valence-corrected chi connectivity index (χ0v) is 12.4. The summed E-state index contributed by atoms with van der Waals surface area (Å²) in [5.74, 6) is -1.57. The van der Waals surface area contributed by atoms with Crippen LogP contribution in [0.4, 0.5) is 5.69 Å². The first kappa shape index (κ1) is 17.4. The SMILES string of the molecule is CCCC(C)(NC(=O)COc1cccc([N+](=O)[O-])c1)C(=O)O. The Labute approximate surface area is 127 Å². The lowest BCUT2D eigenvalue weighted by Gasteiger charge is -2.25. The van der Waals surface area contributed by atoms with Crippen molar-refractivity contribution in [2.24, 2.45) is 0 Å².